The molecule has 1 saturated heterocycles. The minimum absolute atomic E-state index is 0.400. The van der Waals surface area contributed by atoms with E-state index in [1.54, 1.807) is 0 Å². The molecule has 1 aliphatic heterocycles. The summed E-state index contributed by atoms with van der Waals surface area (Å²) in [4.78, 5) is 12.9. The Morgan fingerprint density at radius 2 is 2.07 bits per heavy atom. The van der Waals surface area contributed by atoms with Crippen molar-refractivity contribution >= 4 is 5.97 Å². The van der Waals surface area contributed by atoms with Crippen molar-refractivity contribution in [1.29, 1.82) is 0 Å². The summed E-state index contributed by atoms with van der Waals surface area (Å²) in [6, 6.07) is 0. The van der Waals surface area contributed by atoms with Gasteiger partial charge in [0.2, 0.25) is 0 Å². The Labute approximate surface area is 85.1 Å². The lowest BCUT2D eigenvalue weighted by Crippen LogP contribution is -2.31. The monoisotopic (exact) mass is 197 g/mol. The minimum Gasteiger partial charge on any atom is -0.481 e. The van der Waals surface area contributed by atoms with E-state index in [2.05, 4.69) is 11.9 Å². The Hall–Kier alpha value is -0.570. The van der Waals surface area contributed by atoms with Crippen LogP contribution < -0.4 is 0 Å². The van der Waals surface area contributed by atoms with E-state index in [4.69, 9.17) is 5.11 Å². The van der Waals surface area contributed by atoms with E-state index in [-0.39, 0.29) is 0 Å². The maximum absolute atomic E-state index is 10.5. The molecule has 0 aromatic heterocycles. The van der Waals surface area contributed by atoms with Gasteiger partial charge in [0, 0.05) is 6.42 Å². The summed E-state index contributed by atoms with van der Waals surface area (Å²) >= 11 is 0. The highest BCUT2D eigenvalue weighted by Crippen LogP contribution is 2.49. The second-order valence-corrected chi connectivity index (χ2v) is 4.90. The van der Waals surface area contributed by atoms with Crippen molar-refractivity contribution in [1.82, 2.24) is 4.90 Å². The van der Waals surface area contributed by atoms with Crippen LogP contribution in [-0.2, 0) is 4.79 Å². The smallest absolute Gasteiger partial charge is 0.303 e. The number of carboxylic acids is 1. The summed E-state index contributed by atoms with van der Waals surface area (Å²) in [5.41, 5.74) is 0. The second kappa shape index (κ2) is 3.89. The van der Waals surface area contributed by atoms with Crippen LogP contribution in [0.5, 0.6) is 0 Å². The largest absolute Gasteiger partial charge is 0.481 e. The van der Waals surface area contributed by atoms with E-state index in [0.29, 0.717) is 12.3 Å². The minimum atomic E-state index is -0.620. The van der Waals surface area contributed by atoms with Crippen LogP contribution in [0.3, 0.4) is 0 Å². The van der Waals surface area contributed by atoms with Crippen molar-refractivity contribution in [3.05, 3.63) is 0 Å². The Kier molecular flexibility index (Phi) is 2.77. The summed E-state index contributed by atoms with van der Waals surface area (Å²) in [6.07, 6.45) is 4.12. The molecular weight excluding hydrogens is 178 g/mol. The lowest BCUT2D eigenvalue weighted by atomic mass is 9.91. The average Bonchev–Trinajstić information content (AvgIpc) is 2.84. The normalized spacial score (nSPS) is 34.4. The van der Waals surface area contributed by atoms with E-state index in [9.17, 15) is 4.79 Å². The van der Waals surface area contributed by atoms with Crippen molar-refractivity contribution in [2.75, 3.05) is 20.1 Å². The highest BCUT2D eigenvalue weighted by atomic mass is 16.4. The predicted molar refractivity (Wildman–Crippen MR) is 54.1 cm³/mol. The molecule has 0 amide bonds. The van der Waals surface area contributed by atoms with Gasteiger partial charge in [-0.3, -0.25) is 4.79 Å². The highest BCUT2D eigenvalue weighted by Gasteiger charge is 2.43. The lowest BCUT2D eigenvalue weighted by molar-refractivity contribution is -0.137. The number of carboxylic acid groups (broad SMARTS) is 1. The predicted octanol–water partition coefficient (Wildman–Crippen LogP) is 1.44. The Balaban J connectivity index is 1.74. The van der Waals surface area contributed by atoms with Crippen molar-refractivity contribution in [3.63, 3.8) is 0 Å². The molecule has 3 heteroatoms. The summed E-state index contributed by atoms with van der Waals surface area (Å²) < 4.78 is 0. The van der Waals surface area contributed by atoms with Gasteiger partial charge in [-0.15, -0.1) is 0 Å². The maximum Gasteiger partial charge on any atom is 0.303 e. The Bertz CT molecular complexity index is 221. The van der Waals surface area contributed by atoms with Gasteiger partial charge in [-0.25, -0.2) is 0 Å². The number of aliphatic carboxylic acids is 1. The third kappa shape index (κ3) is 2.27. The molecule has 1 saturated carbocycles. The van der Waals surface area contributed by atoms with Gasteiger partial charge in [0.05, 0.1) is 0 Å². The van der Waals surface area contributed by atoms with E-state index in [1.165, 1.54) is 32.4 Å². The van der Waals surface area contributed by atoms with Crippen LogP contribution in [0.1, 0.15) is 25.7 Å². The molecule has 3 nitrogen and oxygen atoms in total. The summed E-state index contributed by atoms with van der Waals surface area (Å²) in [6.45, 7) is 2.39. The van der Waals surface area contributed by atoms with Crippen molar-refractivity contribution in [3.8, 4) is 0 Å². The Morgan fingerprint density at radius 3 is 2.64 bits per heavy atom. The molecule has 0 aromatic rings. The van der Waals surface area contributed by atoms with Crippen LogP contribution in [0.25, 0.3) is 0 Å². The lowest BCUT2D eigenvalue weighted by Gasteiger charge is -2.29. The average molecular weight is 197 g/mol. The molecule has 1 N–H and O–H groups in total. The first-order chi connectivity index (χ1) is 6.66. The summed E-state index contributed by atoms with van der Waals surface area (Å²) in [5.74, 6) is 1.43. The molecule has 1 aliphatic carbocycles. The van der Waals surface area contributed by atoms with Crippen LogP contribution in [-0.4, -0.2) is 36.1 Å². The molecule has 2 rings (SSSR count). The molecule has 14 heavy (non-hydrogen) atoms. The first kappa shape index (κ1) is 9.97. The highest BCUT2D eigenvalue weighted by molar-refractivity contribution is 5.67. The fraction of sp³-hybridized carbons (Fsp3) is 0.909. The van der Waals surface area contributed by atoms with Crippen molar-refractivity contribution < 1.29 is 9.90 Å². The third-order valence-corrected chi connectivity index (χ3v) is 3.78. The molecule has 2 atom stereocenters. The molecule has 80 valence electrons. The number of rotatable bonds is 3. The molecule has 0 bridgehead atoms. The fourth-order valence-electron chi connectivity index (χ4n) is 2.76. The van der Waals surface area contributed by atoms with Crippen molar-refractivity contribution in [2.45, 2.75) is 25.7 Å². The number of hydrogen-bond acceptors (Lipinski definition) is 2. The van der Waals surface area contributed by atoms with Gasteiger partial charge < -0.3 is 10.0 Å². The van der Waals surface area contributed by atoms with Crippen LogP contribution in [0, 0.1) is 17.8 Å². The van der Waals surface area contributed by atoms with Crippen molar-refractivity contribution in [2.24, 2.45) is 17.8 Å². The van der Waals surface area contributed by atoms with Crippen LogP contribution in [0.4, 0.5) is 0 Å². The zero-order chi connectivity index (χ0) is 10.1. The molecule has 2 fully saturated rings. The van der Waals surface area contributed by atoms with Crippen LogP contribution in [0.15, 0.2) is 0 Å². The number of nitrogens with zero attached hydrogens (tertiary/aromatic N) is 1. The zero-order valence-electron chi connectivity index (χ0n) is 8.78. The van der Waals surface area contributed by atoms with Gasteiger partial charge in [-0.2, -0.15) is 0 Å². The summed E-state index contributed by atoms with van der Waals surface area (Å²) in [7, 11) is 2.16. The summed E-state index contributed by atoms with van der Waals surface area (Å²) in [5, 5.41) is 8.67. The molecular formula is C11H19NO2. The van der Waals surface area contributed by atoms with Gasteiger partial charge in [-0.1, -0.05) is 0 Å². The molecule has 1 heterocycles. The van der Waals surface area contributed by atoms with Gasteiger partial charge >= 0.3 is 5.97 Å². The SMILES string of the molecule is CN1CCC(C2CC2CC(=O)O)CC1. The fourth-order valence-corrected chi connectivity index (χ4v) is 2.76. The van der Waals surface area contributed by atoms with E-state index in [0.717, 1.165) is 11.8 Å². The molecule has 0 aromatic carbocycles. The van der Waals surface area contributed by atoms with E-state index in [1.807, 2.05) is 0 Å². The number of piperidine rings is 1. The topological polar surface area (TPSA) is 40.5 Å². The van der Waals surface area contributed by atoms with Crippen LogP contribution in [0.2, 0.25) is 0 Å². The van der Waals surface area contributed by atoms with Gasteiger partial charge in [-0.05, 0) is 57.2 Å². The quantitative estimate of drug-likeness (QED) is 0.744. The molecule has 0 radical (unpaired) electrons. The number of carbonyl (C=O) groups is 1. The standard InChI is InChI=1S/C11H19NO2/c1-12-4-2-8(3-5-12)10-6-9(10)7-11(13)14/h8-10H,2-7H2,1H3,(H,13,14). The first-order valence-electron chi connectivity index (χ1n) is 5.57. The molecule has 2 unspecified atom stereocenters. The van der Waals surface area contributed by atoms with Gasteiger partial charge in [0.25, 0.3) is 0 Å². The van der Waals surface area contributed by atoms with E-state index < -0.39 is 5.97 Å². The number of hydrogen-bond donors (Lipinski definition) is 1. The second-order valence-electron chi connectivity index (χ2n) is 4.90. The Morgan fingerprint density at radius 1 is 1.43 bits per heavy atom. The van der Waals surface area contributed by atoms with Gasteiger partial charge in [0.15, 0.2) is 0 Å². The third-order valence-electron chi connectivity index (χ3n) is 3.78. The first-order valence-corrected chi connectivity index (χ1v) is 5.57. The zero-order valence-corrected chi connectivity index (χ0v) is 8.78. The molecule has 0 spiro atoms. The van der Waals surface area contributed by atoms with E-state index >= 15 is 0 Å². The number of likely N-dealkylation sites (tertiary alicyclic amines) is 1. The van der Waals surface area contributed by atoms with Crippen LogP contribution >= 0.6 is 0 Å². The maximum atomic E-state index is 10.5. The van der Waals surface area contributed by atoms with Gasteiger partial charge in [0.1, 0.15) is 0 Å². The molecule has 2 aliphatic rings.